The normalized spacial score (nSPS) is 15.5. The fraction of sp³-hybridized carbons (Fsp3) is 0.500. The van der Waals surface area contributed by atoms with Crippen LogP contribution >= 0.6 is 0 Å². The second-order valence-corrected chi connectivity index (χ2v) is 16.5. The van der Waals surface area contributed by atoms with Crippen molar-refractivity contribution in [2.45, 2.75) is 128 Å². The number of ether oxygens (including phenoxy) is 6. The molecule has 0 bridgehead atoms. The molecule has 0 spiro atoms. The summed E-state index contributed by atoms with van der Waals surface area (Å²) < 4.78 is 35.7. The van der Waals surface area contributed by atoms with Gasteiger partial charge in [-0.1, -0.05) is 99.2 Å². The van der Waals surface area contributed by atoms with Crippen LogP contribution in [0.2, 0.25) is 0 Å². The maximum absolute atomic E-state index is 13.3. The van der Waals surface area contributed by atoms with Crippen LogP contribution < -0.4 is 18.9 Å². The molecule has 2 heterocycles. The summed E-state index contributed by atoms with van der Waals surface area (Å²) in [6, 6.07) is 35.8. The van der Waals surface area contributed by atoms with Gasteiger partial charge in [-0.05, 0) is 124 Å². The van der Waals surface area contributed by atoms with Crippen LogP contribution in [-0.4, -0.2) is 73.6 Å². The zero-order valence-electron chi connectivity index (χ0n) is 36.7. The van der Waals surface area contributed by atoms with Crippen LogP contribution in [-0.2, 0) is 32.3 Å². The molecule has 2 atom stereocenters. The van der Waals surface area contributed by atoms with E-state index in [0.29, 0.717) is 39.3 Å². The second kappa shape index (κ2) is 27.1. The van der Waals surface area contributed by atoms with E-state index in [1.807, 2.05) is 84.9 Å². The molecule has 2 unspecified atom stereocenters. The SMILES string of the molecule is O=C(OC(CCCCCCOc1ccc(OCc2ccccc2)cc1)N1CCCCC1)C(=O)OC(CCCCCCOc1ccc(OCc2ccccc2)cc1)N1CCCCC1. The smallest absolute Gasteiger partial charge is 0.419 e. The van der Waals surface area contributed by atoms with Crippen molar-refractivity contribution in [1.82, 2.24) is 9.80 Å². The van der Waals surface area contributed by atoms with Crippen LogP contribution in [0.1, 0.15) is 114 Å². The molecule has 0 radical (unpaired) electrons. The molecular formula is C52H68N2O8. The van der Waals surface area contributed by atoms with Gasteiger partial charge < -0.3 is 28.4 Å². The van der Waals surface area contributed by atoms with Gasteiger partial charge in [0.2, 0.25) is 0 Å². The van der Waals surface area contributed by atoms with Gasteiger partial charge in [0.15, 0.2) is 12.5 Å². The summed E-state index contributed by atoms with van der Waals surface area (Å²) in [4.78, 5) is 31.1. The molecule has 4 aromatic carbocycles. The highest BCUT2D eigenvalue weighted by molar-refractivity contribution is 6.29. The third-order valence-electron chi connectivity index (χ3n) is 11.6. The lowest BCUT2D eigenvalue weighted by Gasteiger charge is -2.35. The van der Waals surface area contributed by atoms with E-state index >= 15 is 0 Å². The Morgan fingerprint density at radius 2 is 0.742 bits per heavy atom. The van der Waals surface area contributed by atoms with Crippen LogP contribution in [0.25, 0.3) is 0 Å². The van der Waals surface area contributed by atoms with E-state index < -0.39 is 24.4 Å². The van der Waals surface area contributed by atoms with Crippen LogP contribution in [0.5, 0.6) is 23.0 Å². The molecule has 10 nitrogen and oxygen atoms in total. The van der Waals surface area contributed by atoms with E-state index in [9.17, 15) is 9.59 Å². The number of hydrogen-bond acceptors (Lipinski definition) is 10. The van der Waals surface area contributed by atoms with Crippen molar-refractivity contribution >= 4 is 11.9 Å². The third-order valence-corrected chi connectivity index (χ3v) is 11.6. The molecule has 2 aliphatic heterocycles. The molecule has 4 aromatic rings. The van der Waals surface area contributed by atoms with Crippen molar-refractivity contribution in [3.8, 4) is 23.0 Å². The Balaban J connectivity index is 0.861. The van der Waals surface area contributed by atoms with Gasteiger partial charge >= 0.3 is 11.9 Å². The highest BCUT2D eigenvalue weighted by atomic mass is 16.6. The molecule has 0 amide bonds. The van der Waals surface area contributed by atoms with E-state index in [0.717, 1.165) is 137 Å². The lowest BCUT2D eigenvalue weighted by atomic mass is 10.1. The summed E-state index contributed by atoms with van der Waals surface area (Å²) in [5, 5.41) is 0. The first-order chi connectivity index (χ1) is 30.6. The average Bonchev–Trinajstić information content (AvgIpc) is 3.33. The highest BCUT2D eigenvalue weighted by Gasteiger charge is 2.31. The topological polar surface area (TPSA) is 96.0 Å². The Morgan fingerprint density at radius 3 is 1.11 bits per heavy atom. The van der Waals surface area contributed by atoms with Crippen LogP contribution in [0.4, 0.5) is 0 Å². The summed E-state index contributed by atoms with van der Waals surface area (Å²) in [6.45, 7) is 5.81. The molecule has 2 fully saturated rings. The first-order valence-electron chi connectivity index (χ1n) is 23.3. The van der Waals surface area contributed by atoms with E-state index in [1.54, 1.807) is 0 Å². The third kappa shape index (κ3) is 17.0. The van der Waals surface area contributed by atoms with Gasteiger partial charge in [-0.3, -0.25) is 9.80 Å². The van der Waals surface area contributed by atoms with Gasteiger partial charge in [-0.25, -0.2) is 9.59 Å². The van der Waals surface area contributed by atoms with Crippen molar-refractivity contribution in [1.29, 1.82) is 0 Å². The minimum Gasteiger partial charge on any atom is -0.494 e. The summed E-state index contributed by atoms with van der Waals surface area (Å²) in [7, 11) is 0. The summed E-state index contributed by atoms with van der Waals surface area (Å²) in [6.07, 6.45) is 14.8. The molecule has 10 heteroatoms. The molecule has 334 valence electrons. The monoisotopic (exact) mass is 848 g/mol. The minimum absolute atomic E-state index is 0.421. The Hall–Kier alpha value is -5.06. The number of nitrogens with zero attached hydrogens (tertiary/aromatic N) is 2. The van der Waals surface area contributed by atoms with Crippen molar-refractivity contribution < 1.29 is 38.0 Å². The van der Waals surface area contributed by atoms with Crippen molar-refractivity contribution in [3.63, 3.8) is 0 Å². The zero-order valence-corrected chi connectivity index (χ0v) is 36.7. The van der Waals surface area contributed by atoms with Gasteiger partial charge in [0.05, 0.1) is 13.2 Å². The molecule has 0 aliphatic carbocycles. The Kier molecular flexibility index (Phi) is 20.3. The van der Waals surface area contributed by atoms with Crippen LogP contribution in [0.15, 0.2) is 109 Å². The average molecular weight is 849 g/mol. The van der Waals surface area contributed by atoms with E-state index in [1.165, 1.54) is 12.8 Å². The van der Waals surface area contributed by atoms with E-state index in [4.69, 9.17) is 28.4 Å². The van der Waals surface area contributed by atoms with Crippen LogP contribution in [0, 0.1) is 0 Å². The Morgan fingerprint density at radius 1 is 0.403 bits per heavy atom. The van der Waals surface area contributed by atoms with Crippen LogP contribution in [0.3, 0.4) is 0 Å². The standard InChI is InChI=1S/C52H68N2O8/c55-51(61-49(53-35-15-7-16-36-53)25-13-1-3-19-39-57-45-27-31-47(32-28-45)59-41-43-21-9-5-10-22-43)52(56)62-50(54-37-17-8-18-38-54)26-14-2-4-20-40-58-46-29-33-48(34-30-46)60-42-44-23-11-6-12-24-44/h5-6,9-12,21-24,27-34,49-50H,1-4,7-8,13-20,25-26,35-42H2. The van der Waals surface area contributed by atoms with Crippen molar-refractivity contribution in [3.05, 3.63) is 120 Å². The van der Waals surface area contributed by atoms with Gasteiger partial charge in [0.25, 0.3) is 0 Å². The number of hydrogen-bond donors (Lipinski definition) is 0. The zero-order chi connectivity index (χ0) is 42.9. The molecular weight excluding hydrogens is 781 g/mol. The first-order valence-corrected chi connectivity index (χ1v) is 23.3. The lowest BCUT2D eigenvalue weighted by molar-refractivity contribution is -0.187. The number of likely N-dealkylation sites (tertiary alicyclic amines) is 2. The number of rotatable bonds is 26. The van der Waals surface area contributed by atoms with E-state index in [-0.39, 0.29) is 0 Å². The van der Waals surface area contributed by atoms with Gasteiger partial charge in [-0.15, -0.1) is 0 Å². The van der Waals surface area contributed by atoms with Gasteiger partial charge in [0, 0.05) is 26.2 Å². The van der Waals surface area contributed by atoms with Gasteiger partial charge in [-0.2, -0.15) is 0 Å². The highest BCUT2D eigenvalue weighted by Crippen LogP contribution is 2.24. The van der Waals surface area contributed by atoms with E-state index in [2.05, 4.69) is 34.1 Å². The quantitative estimate of drug-likeness (QED) is 0.0345. The molecule has 62 heavy (non-hydrogen) atoms. The fourth-order valence-corrected chi connectivity index (χ4v) is 8.06. The number of esters is 2. The Bertz CT molecular complexity index is 1680. The van der Waals surface area contributed by atoms with Crippen molar-refractivity contribution in [2.24, 2.45) is 0 Å². The number of piperidine rings is 2. The molecule has 0 saturated carbocycles. The Labute approximate surface area is 369 Å². The summed E-state index contributed by atoms with van der Waals surface area (Å²) >= 11 is 0. The predicted molar refractivity (Wildman–Crippen MR) is 242 cm³/mol. The second-order valence-electron chi connectivity index (χ2n) is 16.5. The van der Waals surface area contributed by atoms with Gasteiger partial charge in [0.1, 0.15) is 36.2 Å². The molecule has 0 aromatic heterocycles. The molecule has 2 aliphatic rings. The molecule has 0 N–H and O–H groups in total. The summed E-state index contributed by atoms with van der Waals surface area (Å²) in [5.74, 6) is 1.53. The number of carbonyl (C=O) groups is 2. The minimum atomic E-state index is -0.875. The summed E-state index contributed by atoms with van der Waals surface area (Å²) in [5.41, 5.74) is 2.27. The number of benzene rings is 4. The maximum atomic E-state index is 13.3. The number of carbonyl (C=O) groups excluding carboxylic acids is 2. The predicted octanol–water partition coefficient (Wildman–Crippen LogP) is 10.9. The lowest BCUT2D eigenvalue weighted by Crippen LogP contribution is -2.45. The van der Waals surface area contributed by atoms with Crippen molar-refractivity contribution in [2.75, 3.05) is 39.4 Å². The number of unbranched alkanes of at least 4 members (excludes halogenated alkanes) is 6. The first kappa shape index (κ1) is 46.4. The fourth-order valence-electron chi connectivity index (χ4n) is 8.06. The maximum Gasteiger partial charge on any atom is 0.419 e. The largest absolute Gasteiger partial charge is 0.494 e. The molecule has 2 saturated heterocycles. The molecule has 6 rings (SSSR count).